The summed E-state index contributed by atoms with van der Waals surface area (Å²) in [4.78, 5) is 8.79. The molecular weight excluding hydrogens is 280 g/mol. The van der Waals surface area contributed by atoms with Crippen LogP contribution < -0.4 is 4.90 Å². The van der Waals surface area contributed by atoms with Crippen molar-refractivity contribution in [2.45, 2.75) is 25.0 Å². The van der Waals surface area contributed by atoms with Crippen molar-refractivity contribution < 1.29 is 9.84 Å². The maximum Gasteiger partial charge on any atom is 0.142 e. The Morgan fingerprint density at radius 3 is 2.82 bits per heavy atom. The van der Waals surface area contributed by atoms with Gasteiger partial charge < -0.3 is 14.7 Å². The summed E-state index contributed by atoms with van der Waals surface area (Å²) in [5, 5.41) is 19.3. The molecule has 2 aliphatic heterocycles. The Morgan fingerprint density at radius 2 is 2.05 bits per heavy atom. The lowest BCUT2D eigenvalue weighted by Gasteiger charge is -2.33. The molecule has 1 atom stereocenters. The Hall–Kier alpha value is -1.68. The van der Waals surface area contributed by atoms with Gasteiger partial charge in [-0.25, -0.2) is 4.98 Å². The second kappa shape index (κ2) is 7.05. The predicted molar refractivity (Wildman–Crippen MR) is 82.6 cm³/mol. The molecule has 0 aromatic carbocycles. The van der Waals surface area contributed by atoms with Crippen LogP contribution in [0.3, 0.4) is 0 Å². The van der Waals surface area contributed by atoms with Crippen molar-refractivity contribution in [3.05, 3.63) is 23.9 Å². The average Bonchev–Trinajstić information content (AvgIpc) is 2.77. The molecule has 6 nitrogen and oxygen atoms in total. The standard InChI is InChI=1S/C16H22N4O2/c17-10-13-2-1-3-16(18-13)20-7-6-19(11-15(21)12-20)14-4-8-22-9-5-14/h1-3,14-15,21H,4-9,11-12H2/t15-/m0/s1. The van der Waals surface area contributed by atoms with E-state index in [0.29, 0.717) is 24.8 Å². The van der Waals surface area contributed by atoms with Crippen LogP contribution in [0.5, 0.6) is 0 Å². The molecule has 0 aliphatic carbocycles. The number of anilines is 1. The van der Waals surface area contributed by atoms with Gasteiger partial charge in [0, 0.05) is 45.4 Å². The number of hydrogen-bond acceptors (Lipinski definition) is 6. The van der Waals surface area contributed by atoms with Crippen LogP contribution in [0.2, 0.25) is 0 Å². The van der Waals surface area contributed by atoms with Crippen LogP contribution in [0.25, 0.3) is 0 Å². The van der Waals surface area contributed by atoms with Gasteiger partial charge in [0.15, 0.2) is 0 Å². The number of rotatable bonds is 2. The van der Waals surface area contributed by atoms with Gasteiger partial charge in [0.25, 0.3) is 0 Å². The zero-order valence-electron chi connectivity index (χ0n) is 12.7. The lowest BCUT2D eigenvalue weighted by Crippen LogP contribution is -2.43. The topological polar surface area (TPSA) is 72.6 Å². The first-order valence-electron chi connectivity index (χ1n) is 7.88. The van der Waals surface area contributed by atoms with E-state index in [1.165, 1.54) is 0 Å². The molecule has 118 valence electrons. The molecule has 2 saturated heterocycles. The first-order chi connectivity index (χ1) is 10.8. The van der Waals surface area contributed by atoms with E-state index in [1.807, 2.05) is 12.1 Å². The third-order valence-corrected chi connectivity index (χ3v) is 4.41. The Kier molecular flexibility index (Phi) is 4.88. The van der Waals surface area contributed by atoms with Crippen molar-refractivity contribution in [1.82, 2.24) is 9.88 Å². The molecule has 0 radical (unpaired) electrons. The Balaban J connectivity index is 1.69. The van der Waals surface area contributed by atoms with E-state index in [2.05, 4.69) is 20.9 Å². The monoisotopic (exact) mass is 302 g/mol. The number of aromatic nitrogens is 1. The van der Waals surface area contributed by atoms with E-state index in [-0.39, 0.29) is 0 Å². The van der Waals surface area contributed by atoms with Crippen LogP contribution in [0, 0.1) is 11.3 Å². The van der Waals surface area contributed by atoms with Crippen molar-refractivity contribution in [2.24, 2.45) is 0 Å². The highest BCUT2D eigenvalue weighted by molar-refractivity contribution is 5.42. The number of aliphatic hydroxyl groups is 1. The summed E-state index contributed by atoms with van der Waals surface area (Å²) >= 11 is 0. The average molecular weight is 302 g/mol. The van der Waals surface area contributed by atoms with Crippen LogP contribution in [0.1, 0.15) is 18.5 Å². The molecule has 3 rings (SSSR count). The quantitative estimate of drug-likeness (QED) is 0.863. The number of aliphatic hydroxyl groups excluding tert-OH is 1. The molecule has 3 heterocycles. The zero-order valence-corrected chi connectivity index (χ0v) is 12.7. The van der Waals surface area contributed by atoms with Gasteiger partial charge in [-0.2, -0.15) is 5.26 Å². The van der Waals surface area contributed by atoms with Crippen LogP contribution in [0.4, 0.5) is 5.82 Å². The third-order valence-electron chi connectivity index (χ3n) is 4.41. The minimum atomic E-state index is -0.405. The van der Waals surface area contributed by atoms with Gasteiger partial charge >= 0.3 is 0 Å². The number of ether oxygens (including phenoxy) is 1. The molecule has 0 amide bonds. The highest BCUT2D eigenvalue weighted by Crippen LogP contribution is 2.19. The molecule has 0 spiro atoms. The molecule has 2 fully saturated rings. The van der Waals surface area contributed by atoms with Gasteiger partial charge in [-0.15, -0.1) is 0 Å². The number of pyridine rings is 1. The van der Waals surface area contributed by atoms with Gasteiger partial charge in [0.05, 0.1) is 6.10 Å². The van der Waals surface area contributed by atoms with E-state index in [9.17, 15) is 5.11 Å². The van der Waals surface area contributed by atoms with E-state index >= 15 is 0 Å². The maximum atomic E-state index is 10.3. The molecule has 6 heteroatoms. The van der Waals surface area contributed by atoms with Gasteiger partial charge in [0.2, 0.25) is 0 Å². The smallest absolute Gasteiger partial charge is 0.142 e. The Morgan fingerprint density at radius 1 is 1.23 bits per heavy atom. The molecular formula is C16H22N4O2. The minimum absolute atomic E-state index is 0.405. The molecule has 1 N–H and O–H groups in total. The van der Waals surface area contributed by atoms with E-state index in [1.54, 1.807) is 6.07 Å². The van der Waals surface area contributed by atoms with Gasteiger partial charge in [0.1, 0.15) is 17.6 Å². The van der Waals surface area contributed by atoms with Crippen LogP contribution in [0.15, 0.2) is 18.2 Å². The van der Waals surface area contributed by atoms with Crippen molar-refractivity contribution >= 4 is 5.82 Å². The second-order valence-electron chi connectivity index (χ2n) is 5.93. The van der Waals surface area contributed by atoms with Crippen molar-refractivity contribution in [1.29, 1.82) is 5.26 Å². The SMILES string of the molecule is N#Cc1cccc(N2CCN(C3CCOCC3)C[C@H](O)C2)n1. The fourth-order valence-corrected chi connectivity index (χ4v) is 3.27. The van der Waals surface area contributed by atoms with Crippen molar-refractivity contribution in [2.75, 3.05) is 44.3 Å². The zero-order chi connectivity index (χ0) is 15.4. The Labute approximate surface area is 130 Å². The van der Waals surface area contributed by atoms with Crippen LogP contribution >= 0.6 is 0 Å². The van der Waals surface area contributed by atoms with Crippen molar-refractivity contribution in [3.8, 4) is 6.07 Å². The highest BCUT2D eigenvalue weighted by atomic mass is 16.5. The number of β-amino-alcohol motifs (C(OH)–C–C–N with tert-alkyl or cyclic N) is 1. The van der Waals surface area contributed by atoms with Crippen LogP contribution in [-0.4, -0.2) is 66.5 Å². The number of nitrogens with zero attached hydrogens (tertiary/aromatic N) is 4. The summed E-state index contributed by atoms with van der Waals surface area (Å²) < 4.78 is 5.42. The lowest BCUT2D eigenvalue weighted by molar-refractivity contribution is 0.0219. The molecule has 0 saturated carbocycles. The molecule has 0 unspecified atom stereocenters. The largest absolute Gasteiger partial charge is 0.390 e. The van der Waals surface area contributed by atoms with Crippen LogP contribution in [-0.2, 0) is 4.74 Å². The summed E-state index contributed by atoms with van der Waals surface area (Å²) in [6.07, 6.45) is 1.67. The normalized spacial score (nSPS) is 24.7. The molecule has 0 bridgehead atoms. The fraction of sp³-hybridized carbons (Fsp3) is 0.625. The summed E-state index contributed by atoms with van der Waals surface area (Å²) in [7, 11) is 0. The number of hydrogen-bond donors (Lipinski definition) is 1. The predicted octanol–water partition coefficient (Wildman–Crippen LogP) is 0.615. The van der Waals surface area contributed by atoms with E-state index in [0.717, 1.165) is 45.0 Å². The molecule has 1 aromatic heterocycles. The van der Waals surface area contributed by atoms with Gasteiger partial charge in [-0.1, -0.05) is 6.07 Å². The van der Waals surface area contributed by atoms with Gasteiger partial charge in [-0.05, 0) is 25.0 Å². The fourth-order valence-electron chi connectivity index (χ4n) is 3.27. The third kappa shape index (κ3) is 3.55. The van der Waals surface area contributed by atoms with Gasteiger partial charge in [-0.3, -0.25) is 4.90 Å². The Bertz CT molecular complexity index is 539. The molecule has 2 aliphatic rings. The molecule has 1 aromatic rings. The maximum absolute atomic E-state index is 10.3. The summed E-state index contributed by atoms with van der Waals surface area (Å²) in [6, 6.07) is 8.01. The van der Waals surface area contributed by atoms with E-state index < -0.39 is 6.10 Å². The second-order valence-corrected chi connectivity index (χ2v) is 5.93. The first kappa shape index (κ1) is 15.2. The van der Waals surface area contributed by atoms with E-state index in [4.69, 9.17) is 10.00 Å². The lowest BCUT2D eigenvalue weighted by atomic mass is 10.1. The summed E-state index contributed by atoms with van der Waals surface area (Å²) in [5.41, 5.74) is 0.414. The minimum Gasteiger partial charge on any atom is -0.390 e. The summed E-state index contributed by atoms with van der Waals surface area (Å²) in [5.74, 6) is 0.770. The highest BCUT2D eigenvalue weighted by Gasteiger charge is 2.28. The first-order valence-corrected chi connectivity index (χ1v) is 7.88. The molecule has 22 heavy (non-hydrogen) atoms. The summed E-state index contributed by atoms with van der Waals surface area (Å²) in [6.45, 7) is 4.59. The van der Waals surface area contributed by atoms with Crippen molar-refractivity contribution in [3.63, 3.8) is 0 Å². The number of nitriles is 1.